The standard InChI is InChI=1S/C11H15BrFNO2/c1-7(14-9(5-15)6-16)8-2-3-11(13)10(12)4-8/h2-4,7,9,14-16H,5-6H2,1H3. The van der Waals surface area contributed by atoms with Gasteiger partial charge in [-0.15, -0.1) is 0 Å². The van der Waals surface area contributed by atoms with Gasteiger partial charge in [0.05, 0.1) is 23.7 Å². The first-order valence-electron chi connectivity index (χ1n) is 5.01. The molecule has 0 heterocycles. The normalized spacial score (nSPS) is 13.1. The maximum absolute atomic E-state index is 13.0. The Balaban J connectivity index is 2.72. The van der Waals surface area contributed by atoms with Crippen LogP contribution in [0, 0.1) is 5.82 Å². The molecule has 0 aromatic heterocycles. The topological polar surface area (TPSA) is 52.5 Å². The highest BCUT2D eigenvalue weighted by Gasteiger charge is 2.12. The Labute approximate surface area is 102 Å². The van der Waals surface area contributed by atoms with E-state index in [0.717, 1.165) is 5.56 Å². The van der Waals surface area contributed by atoms with E-state index in [9.17, 15) is 4.39 Å². The Morgan fingerprint density at radius 2 is 2.00 bits per heavy atom. The number of halogens is 2. The van der Waals surface area contributed by atoms with Gasteiger partial charge in [-0.05, 0) is 40.5 Å². The van der Waals surface area contributed by atoms with Gasteiger partial charge >= 0.3 is 0 Å². The summed E-state index contributed by atoms with van der Waals surface area (Å²) in [7, 11) is 0. The number of rotatable bonds is 5. The number of hydrogen-bond donors (Lipinski definition) is 3. The van der Waals surface area contributed by atoms with Gasteiger partial charge in [-0.3, -0.25) is 0 Å². The van der Waals surface area contributed by atoms with Gasteiger partial charge < -0.3 is 15.5 Å². The van der Waals surface area contributed by atoms with E-state index in [4.69, 9.17) is 10.2 Å². The summed E-state index contributed by atoms with van der Waals surface area (Å²) in [5, 5.41) is 20.9. The molecule has 0 amide bonds. The third kappa shape index (κ3) is 3.52. The molecule has 1 aromatic carbocycles. The van der Waals surface area contributed by atoms with Crippen molar-refractivity contribution in [1.82, 2.24) is 5.32 Å². The average Bonchev–Trinajstić information content (AvgIpc) is 2.29. The molecule has 1 rings (SSSR count). The van der Waals surface area contributed by atoms with Crippen molar-refractivity contribution in [3.8, 4) is 0 Å². The summed E-state index contributed by atoms with van der Waals surface area (Å²) in [5.41, 5.74) is 0.889. The van der Waals surface area contributed by atoms with E-state index in [1.807, 2.05) is 6.92 Å². The molecule has 16 heavy (non-hydrogen) atoms. The van der Waals surface area contributed by atoms with Gasteiger partial charge in [0.2, 0.25) is 0 Å². The van der Waals surface area contributed by atoms with Crippen molar-refractivity contribution >= 4 is 15.9 Å². The van der Waals surface area contributed by atoms with Crippen molar-refractivity contribution in [3.05, 3.63) is 34.1 Å². The maximum Gasteiger partial charge on any atom is 0.137 e. The van der Waals surface area contributed by atoms with Crippen molar-refractivity contribution in [1.29, 1.82) is 0 Å². The molecular weight excluding hydrogens is 277 g/mol. The first kappa shape index (κ1) is 13.6. The molecule has 5 heteroatoms. The fourth-order valence-electron chi connectivity index (χ4n) is 1.39. The van der Waals surface area contributed by atoms with Gasteiger partial charge in [0.25, 0.3) is 0 Å². The third-order valence-corrected chi connectivity index (χ3v) is 2.98. The molecule has 0 spiro atoms. The van der Waals surface area contributed by atoms with Crippen LogP contribution in [0.3, 0.4) is 0 Å². The number of nitrogens with one attached hydrogen (secondary N) is 1. The molecule has 0 aliphatic rings. The largest absolute Gasteiger partial charge is 0.395 e. The minimum absolute atomic E-state index is 0.0683. The molecule has 0 saturated heterocycles. The SMILES string of the molecule is CC(NC(CO)CO)c1ccc(F)c(Br)c1. The predicted molar refractivity (Wildman–Crippen MR) is 63.6 cm³/mol. The van der Waals surface area contributed by atoms with E-state index in [1.54, 1.807) is 12.1 Å². The highest BCUT2D eigenvalue weighted by atomic mass is 79.9. The molecule has 0 radical (unpaired) electrons. The summed E-state index contributed by atoms with van der Waals surface area (Å²) in [5.74, 6) is -0.309. The summed E-state index contributed by atoms with van der Waals surface area (Å²) in [6.45, 7) is 1.62. The van der Waals surface area contributed by atoms with Crippen LogP contribution in [0.2, 0.25) is 0 Å². The monoisotopic (exact) mass is 291 g/mol. The van der Waals surface area contributed by atoms with Crippen LogP contribution in [0.25, 0.3) is 0 Å². The molecule has 0 bridgehead atoms. The van der Waals surface area contributed by atoms with Crippen LogP contribution in [0.5, 0.6) is 0 Å². The van der Waals surface area contributed by atoms with E-state index >= 15 is 0 Å². The summed E-state index contributed by atoms with van der Waals surface area (Å²) >= 11 is 3.11. The number of hydrogen-bond acceptors (Lipinski definition) is 3. The molecule has 3 N–H and O–H groups in total. The quantitative estimate of drug-likeness (QED) is 0.772. The van der Waals surface area contributed by atoms with Crippen LogP contribution >= 0.6 is 15.9 Å². The minimum Gasteiger partial charge on any atom is -0.395 e. The van der Waals surface area contributed by atoms with Crippen molar-refractivity contribution in [3.63, 3.8) is 0 Å². The number of benzene rings is 1. The van der Waals surface area contributed by atoms with Gasteiger partial charge in [-0.1, -0.05) is 6.07 Å². The molecule has 1 unspecified atom stereocenters. The zero-order valence-electron chi connectivity index (χ0n) is 8.95. The van der Waals surface area contributed by atoms with Crippen molar-refractivity contribution in [2.24, 2.45) is 0 Å². The van der Waals surface area contributed by atoms with Gasteiger partial charge in [-0.25, -0.2) is 4.39 Å². The highest BCUT2D eigenvalue weighted by molar-refractivity contribution is 9.10. The van der Waals surface area contributed by atoms with E-state index in [0.29, 0.717) is 4.47 Å². The first-order chi connectivity index (χ1) is 7.58. The molecular formula is C11H15BrFNO2. The lowest BCUT2D eigenvalue weighted by atomic mass is 10.1. The van der Waals surface area contributed by atoms with E-state index < -0.39 is 0 Å². The lowest BCUT2D eigenvalue weighted by molar-refractivity contribution is 0.163. The van der Waals surface area contributed by atoms with E-state index in [1.165, 1.54) is 6.07 Å². The second-order valence-corrected chi connectivity index (χ2v) is 4.48. The molecule has 90 valence electrons. The molecule has 0 aliphatic carbocycles. The van der Waals surface area contributed by atoms with Crippen LogP contribution in [0.1, 0.15) is 18.5 Å². The maximum atomic E-state index is 13.0. The first-order valence-corrected chi connectivity index (χ1v) is 5.80. The molecule has 0 aliphatic heterocycles. The van der Waals surface area contributed by atoms with Crippen LogP contribution in [-0.2, 0) is 0 Å². The summed E-state index contributed by atoms with van der Waals surface area (Å²) in [4.78, 5) is 0. The molecule has 1 aromatic rings. The van der Waals surface area contributed by atoms with Crippen LogP contribution < -0.4 is 5.32 Å². The van der Waals surface area contributed by atoms with Gasteiger partial charge in [0.1, 0.15) is 5.82 Å². The lowest BCUT2D eigenvalue weighted by Gasteiger charge is -2.20. The second kappa shape index (κ2) is 6.30. The Morgan fingerprint density at radius 1 is 1.38 bits per heavy atom. The van der Waals surface area contributed by atoms with Crippen LogP contribution in [-0.4, -0.2) is 29.5 Å². The van der Waals surface area contributed by atoms with Gasteiger partial charge in [0.15, 0.2) is 0 Å². The third-order valence-electron chi connectivity index (χ3n) is 2.37. The zero-order valence-corrected chi connectivity index (χ0v) is 10.5. The Bertz CT molecular complexity index is 345. The minimum atomic E-state index is -0.362. The van der Waals surface area contributed by atoms with Crippen molar-refractivity contribution in [2.45, 2.75) is 19.0 Å². The van der Waals surface area contributed by atoms with Crippen LogP contribution in [0.4, 0.5) is 4.39 Å². The molecule has 3 nitrogen and oxygen atoms in total. The second-order valence-electron chi connectivity index (χ2n) is 3.62. The average molecular weight is 292 g/mol. The molecule has 0 fully saturated rings. The van der Waals surface area contributed by atoms with Gasteiger partial charge in [-0.2, -0.15) is 0 Å². The van der Waals surface area contributed by atoms with Crippen LogP contribution in [0.15, 0.2) is 22.7 Å². The fraction of sp³-hybridized carbons (Fsp3) is 0.455. The van der Waals surface area contributed by atoms with Crippen molar-refractivity contribution in [2.75, 3.05) is 13.2 Å². The molecule has 0 saturated carbocycles. The molecule has 1 atom stereocenters. The lowest BCUT2D eigenvalue weighted by Crippen LogP contribution is -2.37. The van der Waals surface area contributed by atoms with E-state index in [-0.39, 0.29) is 31.1 Å². The Kier molecular flexibility index (Phi) is 5.34. The summed E-state index contributed by atoms with van der Waals surface area (Å²) in [6.07, 6.45) is 0. The zero-order chi connectivity index (χ0) is 12.1. The summed E-state index contributed by atoms with van der Waals surface area (Å²) in [6, 6.07) is 4.30. The highest BCUT2D eigenvalue weighted by Crippen LogP contribution is 2.21. The predicted octanol–water partition coefficient (Wildman–Crippen LogP) is 1.59. The smallest absolute Gasteiger partial charge is 0.137 e. The van der Waals surface area contributed by atoms with Gasteiger partial charge in [0, 0.05) is 6.04 Å². The Morgan fingerprint density at radius 3 is 2.50 bits per heavy atom. The number of aliphatic hydroxyl groups is 2. The Hall–Kier alpha value is -0.490. The fourth-order valence-corrected chi connectivity index (χ4v) is 1.79. The van der Waals surface area contributed by atoms with Crippen molar-refractivity contribution < 1.29 is 14.6 Å². The summed E-state index contributed by atoms with van der Waals surface area (Å²) < 4.78 is 13.4. The number of aliphatic hydroxyl groups excluding tert-OH is 2. The van der Waals surface area contributed by atoms with E-state index in [2.05, 4.69) is 21.2 Å².